The molecule has 0 aliphatic rings. The minimum Gasteiger partial charge on any atom is -0.412 e. The van der Waals surface area contributed by atoms with Crippen LogP contribution in [0.15, 0.2) is 0 Å². The predicted octanol–water partition coefficient (Wildman–Crippen LogP) is -1.87. The molecule has 0 heterocycles. The van der Waals surface area contributed by atoms with Crippen molar-refractivity contribution in [1.82, 2.24) is 0 Å². The molecular formula is H5LaN3O10+3. The Morgan fingerprint density at radius 2 is 0.714 bits per heavy atom. The van der Waals surface area contributed by atoms with Crippen molar-refractivity contribution in [2.45, 2.75) is 0 Å². The molecule has 0 unspecified atom stereocenters. The summed E-state index contributed by atoms with van der Waals surface area (Å²) in [6.45, 7) is 0. The molecule has 0 radical (unpaired) electrons. The Bertz CT molecular complexity index is 113. The minimum absolute atomic E-state index is 0. The Balaban J connectivity index is -0.0000000270. The van der Waals surface area contributed by atoms with Crippen molar-refractivity contribution in [3.05, 3.63) is 30.3 Å². The maximum atomic E-state index is 8.36. The number of rotatable bonds is 0. The second-order valence-corrected chi connectivity index (χ2v) is 0.714. The first-order chi connectivity index (χ1) is 5.20. The molecular weight excluding hydrogens is 341 g/mol. The van der Waals surface area contributed by atoms with Gasteiger partial charge in [-0.15, -0.1) is 30.3 Å². The zero-order valence-electron chi connectivity index (χ0n) is 6.21. The van der Waals surface area contributed by atoms with Gasteiger partial charge in [0.25, 0.3) is 15.3 Å². The normalized spacial score (nSPS) is 5.14. The molecule has 14 heavy (non-hydrogen) atoms. The van der Waals surface area contributed by atoms with Gasteiger partial charge in [-0.05, 0) is 0 Å². The van der Waals surface area contributed by atoms with Crippen LogP contribution in [0.2, 0.25) is 0 Å². The molecule has 5 N–H and O–H groups in total. The van der Waals surface area contributed by atoms with Crippen LogP contribution in [0.5, 0.6) is 0 Å². The van der Waals surface area contributed by atoms with E-state index in [4.69, 9.17) is 46.0 Å². The van der Waals surface area contributed by atoms with Gasteiger partial charge in [0, 0.05) is 0 Å². The maximum absolute atomic E-state index is 8.36. The monoisotopic (exact) mass is 346 g/mol. The Morgan fingerprint density at radius 1 is 0.714 bits per heavy atom. The van der Waals surface area contributed by atoms with Crippen molar-refractivity contribution >= 4 is 0 Å². The van der Waals surface area contributed by atoms with Gasteiger partial charge in [-0.25, -0.2) is 0 Å². The van der Waals surface area contributed by atoms with Crippen LogP contribution in [0.25, 0.3) is 0 Å². The smallest absolute Gasteiger partial charge is 0.412 e. The van der Waals surface area contributed by atoms with Gasteiger partial charge in [0.05, 0.1) is 0 Å². The van der Waals surface area contributed by atoms with Crippen molar-refractivity contribution in [2.24, 2.45) is 0 Å². The summed E-state index contributed by atoms with van der Waals surface area (Å²) in [6, 6.07) is 0. The fraction of sp³-hybridized carbons (Fsp3) is 0. The summed E-state index contributed by atoms with van der Waals surface area (Å²) in [6.07, 6.45) is 0. The summed E-state index contributed by atoms with van der Waals surface area (Å²) in [4.78, 5) is 25.1. The summed E-state index contributed by atoms with van der Waals surface area (Å²) < 4.78 is 0. The molecule has 0 aliphatic heterocycles. The van der Waals surface area contributed by atoms with Gasteiger partial charge in [0.2, 0.25) is 0 Å². The van der Waals surface area contributed by atoms with Crippen molar-refractivity contribution in [3.63, 3.8) is 0 Å². The summed E-state index contributed by atoms with van der Waals surface area (Å²) >= 11 is 0. The molecule has 0 saturated heterocycles. The molecule has 0 spiro atoms. The molecule has 0 atom stereocenters. The molecule has 0 bridgehead atoms. The SMILES string of the molecule is O.O=[N+]([O-])O.O=[N+]([O-])O.O=[N+]([O-])O.[La+3]. The average Bonchev–Trinajstić information content (AvgIpc) is 1.54. The molecule has 13 nitrogen and oxygen atoms in total. The topological polar surface area (TPSA) is 222 Å². The van der Waals surface area contributed by atoms with Crippen LogP contribution < -0.4 is 0 Å². The van der Waals surface area contributed by atoms with Crippen molar-refractivity contribution in [3.8, 4) is 0 Å². The standard InChI is InChI=1S/La.3HNO3.H2O/c;3*2-1(3)4;/h;3*(H,2,3,4);1H2/q+3;;;;. The zero-order chi connectivity index (χ0) is 10.7. The van der Waals surface area contributed by atoms with E-state index in [1.165, 1.54) is 0 Å². The fourth-order valence-corrected chi connectivity index (χ4v) is 0. The van der Waals surface area contributed by atoms with Crippen molar-refractivity contribution < 1.29 is 72.0 Å². The van der Waals surface area contributed by atoms with E-state index in [1.807, 2.05) is 0 Å². The second-order valence-electron chi connectivity index (χ2n) is 0.714. The first kappa shape index (κ1) is 29.3. The first-order valence-corrected chi connectivity index (χ1v) is 1.70. The third-order valence-corrected chi connectivity index (χ3v) is 0. The molecule has 0 aliphatic carbocycles. The van der Waals surface area contributed by atoms with Crippen LogP contribution in [0, 0.1) is 65.9 Å². The summed E-state index contributed by atoms with van der Waals surface area (Å²) in [5.41, 5.74) is 0. The van der Waals surface area contributed by atoms with E-state index in [9.17, 15) is 0 Å². The minimum atomic E-state index is -1.50. The van der Waals surface area contributed by atoms with Crippen molar-refractivity contribution in [1.29, 1.82) is 0 Å². The van der Waals surface area contributed by atoms with E-state index in [0.29, 0.717) is 0 Å². The number of hydrogen-bond acceptors (Lipinski definition) is 6. The molecule has 0 rings (SSSR count). The van der Waals surface area contributed by atoms with Crippen LogP contribution in [0.1, 0.15) is 0 Å². The quantitative estimate of drug-likeness (QED) is 0.329. The zero-order valence-corrected chi connectivity index (χ0v) is 9.84. The average molecular weight is 346 g/mol. The third-order valence-electron chi connectivity index (χ3n) is 0. The Labute approximate surface area is 102 Å². The number of nitrogens with zero attached hydrogens (tertiary/aromatic N) is 3. The van der Waals surface area contributed by atoms with E-state index >= 15 is 0 Å². The first-order valence-electron chi connectivity index (χ1n) is 1.70. The van der Waals surface area contributed by atoms with E-state index in [0.717, 1.165) is 0 Å². The molecule has 0 aromatic heterocycles. The molecule has 0 aromatic carbocycles. The van der Waals surface area contributed by atoms with E-state index in [-0.39, 0.29) is 41.1 Å². The molecule has 80 valence electrons. The van der Waals surface area contributed by atoms with E-state index < -0.39 is 15.3 Å². The van der Waals surface area contributed by atoms with Gasteiger partial charge in [0.1, 0.15) is 0 Å². The molecule has 0 amide bonds. The Hall–Kier alpha value is -1.25. The van der Waals surface area contributed by atoms with Gasteiger partial charge in [-0.1, -0.05) is 0 Å². The summed E-state index contributed by atoms with van der Waals surface area (Å²) in [5, 5.41) is 40.9. The van der Waals surface area contributed by atoms with Crippen LogP contribution >= 0.6 is 0 Å². The van der Waals surface area contributed by atoms with Crippen LogP contribution in [0.3, 0.4) is 0 Å². The van der Waals surface area contributed by atoms with Gasteiger partial charge in [-0.2, -0.15) is 0 Å². The summed E-state index contributed by atoms with van der Waals surface area (Å²) in [7, 11) is 0. The predicted molar refractivity (Wildman–Crippen MR) is 30.0 cm³/mol. The molecule has 0 aromatic rings. The second kappa shape index (κ2) is 22.6. The molecule has 0 saturated carbocycles. The van der Waals surface area contributed by atoms with Crippen LogP contribution in [-0.4, -0.2) is 36.4 Å². The Kier molecular flexibility index (Phi) is 47.3. The Morgan fingerprint density at radius 3 is 0.714 bits per heavy atom. The fourth-order valence-electron chi connectivity index (χ4n) is 0. The van der Waals surface area contributed by atoms with Gasteiger partial charge in [0.15, 0.2) is 0 Å². The van der Waals surface area contributed by atoms with Gasteiger partial charge < -0.3 is 21.1 Å². The molecule has 14 heteroatoms. The van der Waals surface area contributed by atoms with Gasteiger partial charge >= 0.3 is 35.6 Å². The summed E-state index contributed by atoms with van der Waals surface area (Å²) in [5.74, 6) is 0. The van der Waals surface area contributed by atoms with Crippen molar-refractivity contribution in [2.75, 3.05) is 0 Å². The van der Waals surface area contributed by atoms with Crippen LogP contribution in [-0.2, 0) is 0 Å². The van der Waals surface area contributed by atoms with Crippen LogP contribution in [0.4, 0.5) is 0 Å². The van der Waals surface area contributed by atoms with E-state index in [2.05, 4.69) is 0 Å². The number of hydrogen-bond donors (Lipinski definition) is 3. The molecule has 0 fully saturated rings. The maximum Gasteiger partial charge on any atom is 3.00 e. The third kappa shape index (κ3) is 660. The van der Waals surface area contributed by atoms with Gasteiger partial charge in [-0.3, -0.25) is 0 Å². The largest absolute Gasteiger partial charge is 3.00 e. The van der Waals surface area contributed by atoms with E-state index in [1.54, 1.807) is 0 Å².